The molecule has 4 N–H and O–H groups in total. The molecule has 176 valence electrons. The molecular formula is C7H4F14N2O4S2. The van der Waals surface area contributed by atoms with Crippen molar-refractivity contribution < 1.29 is 78.3 Å². The van der Waals surface area contributed by atoms with Gasteiger partial charge < -0.3 is 0 Å². The van der Waals surface area contributed by atoms with Crippen LogP contribution in [0.2, 0.25) is 0 Å². The number of hydrogen-bond donors (Lipinski definition) is 2. The van der Waals surface area contributed by atoms with Gasteiger partial charge in [0.05, 0.1) is 0 Å². The first-order chi connectivity index (χ1) is 12.0. The van der Waals surface area contributed by atoms with Crippen molar-refractivity contribution in [3.05, 3.63) is 0 Å². The zero-order chi connectivity index (χ0) is 24.5. The summed E-state index contributed by atoms with van der Waals surface area (Å²) >= 11 is 0. The number of primary sulfonamides is 2. The fraction of sp³-hybridized carbons (Fsp3) is 1.00. The number of sulfonamides is 2. The first-order valence-corrected chi connectivity index (χ1v) is 8.78. The third-order valence-electron chi connectivity index (χ3n) is 3.14. The van der Waals surface area contributed by atoms with Gasteiger partial charge in [0.2, 0.25) is 0 Å². The molecule has 0 radical (unpaired) electrons. The number of rotatable bonds is 6. The molecule has 0 rings (SSSR count). The second kappa shape index (κ2) is 6.42. The first kappa shape index (κ1) is 27.8. The summed E-state index contributed by atoms with van der Waals surface area (Å²) < 4.78 is 226. The van der Waals surface area contributed by atoms with Gasteiger partial charge in [0.1, 0.15) is 0 Å². The molecule has 0 spiro atoms. The number of alkyl halides is 14. The van der Waals surface area contributed by atoms with Crippen molar-refractivity contribution >= 4 is 20.0 Å². The molecule has 0 bridgehead atoms. The summed E-state index contributed by atoms with van der Waals surface area (Å²) in [5.41, 5.74) is -8.97. The van der Waals surface area contributed by atoms with Crippen LogP contribution in [0.5, 0.6) is 0 Å². The van der Waals surface area contributed by atoms with Crippen molar-refractivity contribution in [3.63, 3.8) is 0 Å². The zero-order valence-corrected chi connectivity index (χ0v) is 14.0. The highest BCUT2D eigenvalue weighted by molar-refractivity contribution is 7.90. The Morgan fingerprint density at radius 1 is 0.483 bits per heavy atom. The first-order valence-electron chi connectivity index (χ1n) is 5.69. The summed E-state index contributed by atoms with van der Waals surface area (Å²) in [6, 6.07) is 0. The van der Waals surface area contributed by atoms with Gasteiger partial charge in [-0.1, -0.05) is 0 Å². The van der Waals surface area contributed by atoms with E-state index in [1.54, 1.807) is 0 Å². The minimum Gasteiger partial charge on any atom is -0.225 e. The van der Waals surface area contributed by atoms with Gasteiger partial charge in [-0.25, -0.2) is 35.9 Å². The molecule has 0 saturated heterocycles. The molecule has 0 aromatic carbocycles. The predicted octanol–water partition coefficient (Wildman–Crippen LogP) is 1.93. The average Bonchev–Trinajstić information content (AvgIpc) is 2.39. The number of hydrogen-bond acceptors (Lipinski definition) is 4. The lowest BCUT2D eigenvalue weighted by Gasteiger charge is -2.47. The van der Waals surface area contributed by atoms with Crippen molar-refractivity contribution in [2.75, 3.05) is 0 Å². The van der Waals surface area contributed by atoms with Gasteiger partial charge >= 0.3 is 40.1 Å². The van der Waals surface area contributed by atoms with E-state index in [4.69, 9.17) is 0 Å². The Morgan fingerprint density at radius 2 is 0.793 bits per heavy atom. The van der Waals surface area contributed by atoms with Gasteiger partial charge in [-0.3, -0.25) is 0 Å². The number of nitrogens with two attached hydrogens (primary N) is 2. The van der Waals surface area contributed by atoms with Gasteiger partial charge in [-0.15, -0.1) is 0 Å². The molecule has 0 aliphatic heterocycles. The molecule has 0 fully saturated rings. The molecule has 6 nitrogen and oxygen atoms in total. The summed E-state index contributed by atoms with van der Waals surface area (Å²) in [4.78, 5) is 0. The smallest absolute Gasteiger partial charge is 0.225 e. The van der Waals surface area contributed by atoms with E-state index < -0.39 is 60.2 Å². The Hall–Kier alpha value is -1.16. The van der Waals surface area contributed by atoms with Gasteiger partial charge in [0.15, 0.2) is 0 Å². The standard InChI is InChI=1S/C7H4F14N2O4S2/c8-1(2(9,10)5(14,15)16,3(11,12)7(20,21)29(23,26)27)4(13,6(17,18)19)28(22,24)25/h(H2,22,24,25)(H2,23,26,27). The van der Waals surface area contributed by atoms with Crippen molar-refractivity contribution in [3.8, 4) is 0 Å². The molecule has 0 aliphatic rings. The molecule has 0 saturated carbocycles. The Labute approximate surface area is 149 Å². The van der Waals surface area contributed by atoms with Gasteiger partial charge in [-0.2, -0.15) is 52.7 Å². The highest BCUT2D eigenvalue weighted by atomic mass is 32.2. The SMILES string of the molecule is NS(=O)(=O)C(F)(F)C(F)(F)C(F)(C(F)(F)C(F)(F)F)C(F)(C(F)(F)F)S(N)(=O)=O. The lowest BCUT2D eigenvalue weighted by molar-refractivity contribution is -0.415. The highest BCUT2D eigenvalue weighted by Crippen LogP contribution is 2.66. The van der Waals surface area contributed by atoms with Crippen LogP contribution in [-0.2, 0) is 20.0 Å². The molecule has 0 heterocycles. The summed E-state index contributed by atoms with van der Waals surface area (Å²) in [6.07, 6.45) is -16.3. The summed E-state index contributed by atoms with van der Waals surface area (Å²) in [7, 11) is -15.7. The van der Waals surface area contributed by atoms with Gasteiger partial charge in [-0.05, 0) is 0 Å². The minimum absolute atomic E-state index is 3.35. The van der Waals surface area contributed by atoms with E-state index in [2.05, 4.69) is 10.3 Å². The largest absolute Gasteiger partial charge is 0.457 e. The van der Waals surface area contributed by atoms with Crippen molar-refractivity contribution in [1.82, 2.24) is 0 Å². The van der Waals surface area contributed by atoms with Crippen molar-refractivity contribution in [2.24, 2.45) is 10.3 Å². The summed E-state index contributed by atoms with van der Waals surface area (Å²) in [5.74, 6) is -17.3. The monoisotopic (exact) mass is 510 g/mol. The average molecular weight is 510 g/mol. The number of halogens is 14. The third kappa shape index (κ3) is 3.30. The molecular weight excluding hydrogens is 506 g/mol. The van der Waals surface area contributed by atoms with Gasteiger partial charge in [0, 0.05) is 0 Å². The van der Waals surface area contributed by atoms with E-state index in [1.165, 1.54) is 0 Å². The molecule has 2 atom stereocenters. The molecule has 0 aromatic rings. The Bertz CT molecular complexity index is 861. The van der Waals surface area contributed by atoms with Crippen LogP contribution in [0.4, 0.5) is 61.5 Å². The van der Waals surface area contributed by atoms with E-state index in [-0.39, 0.29) is 0 Å². The Morgan fingerprint density at radius 3 is 0.966 bits per heavy atom. The van der Waals surface area contributed by atoms with Crippen molar-refractivity contribution in [2.45, 2.75) is 40.1 Å². The quantitative estimate of drug-likeness (QED) is 0.531. The lowest BCUT2D eigenvalue weighted by atomic mass is 9.83. The Kier molecular flexibility index (Phi) is 6.16. The fourth-order valence-corrected chi connectivity index (χ4v) is 3.20. The maximum absolute atomic E-state index is 14.3. The van der Waals surface area contributed by atoms with Crippen LogP contribution in [-0.4, -0.2) is 57.0 Å². The molecule has 0 aromatic heterocycles. The fourth-order valence-electron chi connectivity index (χ4n) is 1.73. The highest BCUT2D eigenvalue weighted by Gasteiger charge is 3.00. The van der Waals surface area contributed by atoms with E-state index >= 15 is 0 Å². The Balaban J connectivity index is 8.07. The van der Waals surface area contributed by atoms with Gasteiger partial charge in [0.25, 0.3) is 20.0 Å². The maximum atomic E-state index is 14.3. The van der Waals surface area contributed by atoms with E-state index in [0.29, 0.717) is 0 Å². The van der Waals surface area contributed by atoms with Crippen LogP contribution >= 0.6 is 0 Å². The van der Waals surface area contributed by atoms with Crippen LogP contribution in [0, 0.1) is 0 Å². The molecule has 29 heavy (non-hydrogen) atoms. The molecule has 0 amide bonds. The normalized spacial score (nSPS) is 20.1. The second-order valence-corrected chi connectivity index (χ2v) is 8.26. The van der Waals surface area contributed by atoms with Crippen LogP contribution in [0.15, 0.2) is 0 Å². The van der Waals surface area contributed by atoms with E-state index in [0.717, 1.165) is 0 Å². The summed E-state index contributed by atoms with van der Waals surface area (Å²) in [5, 5.41) is -9.49. The van der Waals surface area contributed by atoms with Crippen LogP contribution < -0.4 is 10.3 Å². The van der Waals surface area contributed by atoms with Crippen LogP contribution in [0.3, 0.4) is 0 Å². The maximum Gasteiger partial charge on any atom is 0.457 e. The molecule has 0 aliphatic carbocycles. The minimum atomic E-state index is -8.97. The second-order valence-electron chi connectivity index (χ2n) is 5.00. The molecule has 22 heteroatoms. The summed E-state index contributed by atoms with van der Waals surface area (Å²) in [6.45, 7) is 0. The van der Waals surface area contributed by atoms with Crippen molar-refractivity contribution in [1.29, 1.82) is 0 Å². The zero-order valence-electron chi connectivity index (χ0n) is 12.4. The van der Waals surface area contributed by atoms with E-state index in [1.807, 2.05) is 0 Å². The lowest BCUT2D eigenvalue weighted by Crippen LogP contribution is -2.82. The van der Waals surface area contributed by atoms with E-state index in [9.17, 15) is 78.3 Å². The topological polar surface area (TPSA) is 120 Å². The van der Waals surface area contributed by atoms with Crippen LogP contribution in [0.1, 0.15) is 0 Å². The molecule has 2 unspecified atom stereocenters. The van der Waals surface area contributed by atoms with Crippen LogP contribution in [0.25, 0.3) is 0 Å². The third-order valence-corrected chi connectivity index (χ3v) is 5.41. The predicted molar refractivity (Wildman–Crippen MR) is 60.8 cm³/mol.